The minimum Gasteiger partial charge on any atom is -0.481 e. The van der Waals surface area contributed by atoms with E-state index < -0.39 is 11.4 Å². The van der Waals surface area contributed by atoms with Crippen molar-refractivity contribution in [2.24, 2.45) is 11.3 Å². The fourth-order valence-corrected chi connectivity index (χ4v) is 4.97. The van der Waals surface area contributed by atoms with Crippen LogP contribution in [0.3, 0.4) is 0 Å². The summed E-state index contributed by atoms with van der Waals surface area (Å²) in [5, 5.41) is 11.7. The molecule has 2 fully saturated rings. The number of likely N-dealkylation sites (tertiary alicyclic amines) is 1. The van der Waals surface area contributed by atoms with E-state index in [0.717, 1.165) is 12.8 Å². The number of carbonyl (C=O) groups excluding carboxylic acids is 1. The number of carboxylic acid groups (broad SMARTS) is 1. The number of nitrogens with zero attached hydrogens (tertiary/aromatic N) is 2. The number of carbonyl (C=O) groups is 2. The Labute approximate surface area is 144 Å². The fourth-order valence-electron chi connectivity index (χ4n) is 4.27. The Bertz CT molecular complexity index is 767. The first-order valence-electron chi connectivity index (χ1n) is 8.30. The van der Waals surface area contributed by atoms with Gasteiger partial charge in [-0.25, -0.2) is 0 Å². The van der Waals surface area contributed by atoms with E-state index in [4.69, 9.17) is 0 Å². The molecule has 1 aliphatic carbocycles. The summed E-state index contributed by atoms with van der Waals surface area (Å²) < 4.78 is 1.95. The molecule has 0 aromatic carbocycles. The molecular weight excluding hydrogens is 324 g/mol. The number of hydrogen-bond donors (Lipinski definition) is 1. The van der Waals surface area contributed by atoms with Crippen LogP contribution in [0.1, 0.15) is 34.6 Å². The third kappa shape index (κ3) is 2.36. The van der Waals surface area contributed by atoms with Crippen molar-refractivity contribution in [3.63, 3.8) is 0 Å². The lowest BCUT2D eigenvalue weighted by Crippen LogP contribution is -2.37. The molecule has 1 N–H and O–H groups in total. The number of carboxylic acids is 1. The first kappa shape index (κ1) is 15.4. The lowest BCUT2D eigenvalue weighted by atomic mass is 9.81. The van der Waals surface area contributed by atoms with Crippen molar-refractivity contribution in [1.29, 1.82) is 0 Å². The van der Waals surface area contributed by atoms with Gasteiger partial charge in [-0.05, 0) is 42.3 Å². The molecule has 0 radical (unpaired) electrons. The SMILES string of the molecule is O=C(c1cccn1Cc1cccs1)N1C[C@@H]2CCC[C@@]2(C(=O)O)C1. The normalized spacial score (nSPS) is 25.8. The number of thiophene rings is 1. The Morgan fingerprint density at radius 3 is 2.92 bits per heavy atom. The summed E-state index contributed by atoms with van der Waals surface area (Å²) in [5.74, 6) is -0.694. The highest BCUT2D eigenvalue weighted by molar-refractivity contribution is 7.09. The molecule has 5 nitrogen and oxygen atoms in total. The summed E-state index contributed by atoms with van der Waals surface area (Å²) in [7, 11) is 0. The van der Waals surface area contributed by atoms with E-state index in [0.29, 0.717) is 31.7 Å². The Morgan fingerprint density at radius 1 is 1.33 bits per heavy atom. The number of aromatic nitrogens is 1. The maximum atomic E-state index is 13.0. The first-order chi connectivity index (χ1) is 11.6. The molecule has 2 aliphatic rings. The smallest absolute Gasteiger partial charge is 0.311 e. The maximum absolute atomic E-state index is 13.0. The summed E-state index contributed by atoms with van der Waals surface area (Å²) in [6.07, 6.45) is 4.46. The maximum Gasteiger partial charge on any atom is 0.311 e. The number of rotatable bonds is 4. The Balaban J connectivity index is 1.55. The predicted octanol–water partition coefficient (Wildman–Crippen LogP) is 2.92. The van der Waals surface area contributed by atoms with Crippen LogP contribution < -0.4 is 0 Å². The number of hydrogen-bond acceptors (Lipinski definition) is 3. The molecule has 24 heavy (non-hydrogen) atoms. The summed E-state index contributed by atoms with van der Waals surface area (Å²) in [4.78, 5) is 27.7. The topological polar surface area (TPSA) is 62.5 Å². The van der Waals surface area contributed by atoms with Crippen LogP contribution in [-0.4, -0.2) is 39.5 Å². The van der Waals surface area contributed by atoms with Crippen LogP contribution in [0.4, 0.5) is 0 Å². The standard InChI is InChI=1S/C18H20N2O3S/c21-16(15-6-2-8-19(15)11-14-5-3-9-24-14)20-10-13-4-1-7-18(13,12-20)17(22)23/h2-3,5-6,8-9,13H,1,4,7,10-12H2,(H,22,23)/t13-,18+/m0/s1. The second kappa shape index (κ2) is 5.77. The van der Waals surface area contributed by atoms with E-state index in [1.807, 2.05) is 34.3 Å². The first-order valence-corrected chi connectivity index (χ1v) is 9.18. The monoisotopic (exact) mass is 344 g/mol. The summed E-state index contributed by atoms with van der Waals surface area (Å²) >= 11 is 1.67. The average molecular weight is 344 g/mol. The van der Waals surface area contributed by atoms with E-state index in [1.54, 1.807) is 16.2 Å². The molecule has 3 heterocycles. The average Bonchev–Trinajstić information content (AvgIpc) is 3.30. The van der Waals surface area contributed by atoms with Gasteiger partial charge in [0.1, 0.15) is 5.69 Å². The molecule has 0 spiro atoms. The fraction of sp³-hybridized carbons (Fsp3) is 0.444. The molecular formula is C18H20N2O3S. The molecule has 1 saturated carbocycles. The second-order valence-electron chi connectivity index (χ2n) is 6.84. The second-order valence-corrected chi connectivity index (χ2v) is 7.87. The molecule has 0 bridgehead atoms. The minimum absolute atomic E-state index is 0.0495. The predicted molar refractivity (Wildman–Crippen MR) is 91.2 cm³/mol. The van der Waals surface area contributed by atoms with Gasteiger partial charge in [-0.1, -0.05) is 12.5 Å². The van der Waals surface area contributed by atoms with Crippen LogP contribution in [0, 0.1) is 11.3 Å². The Hall–Kier alpha value is -2.08. The van der Waals surface area contributed by atoms with Crippen molar-refractivity contribution in [2.45, 2.75) is 25.8 Å². The molecule has 4 rings (SSSR count). The lowest BCUT2D eigenvalue weighted by Gasteiger charge is -2.23. The van der Waals surface area contributed by atoms with E-state index in [2.05, 4.69) is 6.07 Å². The molecule has 1 amide bonds. The highest BCUT2D eigenvalue weighted by Crippen LogP contribution is 2.49. The zero-order valence-corrected chi connectivity index (χ0v) is 14.2. The van der Waals surface area contributed by atoms with Crippen LogP contribution in [0.5, 0.6) is 0 Å². The van der Waals surface area contributed by atoms with Crippen molar-refractivity contribution in [3.8, 4) is 0 Å². The molecule has 1 saturated heterocycles. The highest BCUT2D eigenvalue weighted by atomic mass is 32.1. The Kier molecular flexibility index (Phi) is 3.72. The van der Waals surface area contributed by atoms with Gasteiger partial charge in [0.15, 0.2) is 0 Å². The zero-order chi connectivity index (χ0) is 16.7. The number of amides is 1. The van der Waals surface area contributed by atoms with Gasteiger partial charge >= 0.3 is 5.97 Å². The van der Waals surface area contributed by atoms with Crippen LogP contribution in [0.15, 0.2) is 35.8 Å². The highest BCUT2D eigenvalue weighted by Gasteiger charge is 2.55. The van der Waals surface area contributed by atoms with Gasteiger partial charge in [0.2, 0.25) is 0 Å². The van der Waals surface area contributed by atoms with Crippen LogP contribution in [0.2, 0.25) is 0 Å². The molecule has 2 atom stereocenters. The Morgan fingerprint density at radius 2 is 2.21 bits per heavy atom. The third-order valence-corrected chi connectivity index (χ3v) is 6.40. The van der Waals surface area contributed by atoms with Crippen molar-refractivity contribution < 1.29 is 14.7 Å². The zero-order valence-electron chi connectivity index (χ0n) is 13.4. The third-order valence-electron chi connectivity index (χ3n) is 5.54. The summed E-state index contributed by atoms with van der Waals surface area (Å²) in [6, 6.07) is 7.77. The van der Waals surface area contributed by atoms with Crippen molar-refractivity contribution in [1.82, 2.24) is 9.47 Å². The van der Waals surface area contributed by atoms with Gasteiger partial charge in [-0.15, -0.1) is 11.3 Å². The van der Waals surface area contributed by atoms with Gasteiger partial charge in [0, 0.05) is 24.2 Å². The molecule has 2 aromatic rings. The molecule has 6 heteroatoms. The van der Waals surface area contributed by atoms with Crippen molar-refractivity contribution in [3.05, 3.63) is 46.4 Å². The number of fused-ring (bicyclic) bond motifs is 1. The van der Waals surface area contributed by atoms with Crippen molar-refractivity contribution in [2.75, 3.05) is 13.1 Å². The van der Waals surface area contributed by atoms with E-state index in [1.165, 1.54) is 4.88 Å². The van der Waals surface area contributed by atoms with Gasteiger partial charge in [-0.2, -0.15) is 0 Å². The van der Waals surface area contributed by atoms with Crippen LogP contribution in [0.25, 0.3) is 0 Å². The minimum atomic E-state index is -0.741. The van der Waals surface area contributed by atoms with Gasteiger partial charge in [0.25, 0.3) is 5.91 Å². The van der Waals surface area contributed by atoms with Gasteiger partial charge < -0.3 is 14.6 Å². The molecule has 0 unspecified atom stereocenters. The van der Waals surface area contributed by atoms with Crippen LogP contribution in [-0.2, 0) is 11.3 Å². The van der Waals surface area contributed by atoms with Crippen LogP contribution >= 0.6 is 11.3 Å². The summed E-state index contributed by atoms with van der Waals surface area (Å²) in [6.45, 7) is 1.58. The summed E-state index contributed by atoms with van der Waals surface area (Å²) in [5.41, 5.74) is -0.0789. The van der Waals surface area contributed by atoms with E-state index >= 15 is 0 Å². The molecule has 126 valence electrons. The van der Waals surface area contributed by atoms with Crippen molar-refractivity contribution >= 4 is 23.2 Å². The van der Waals surface area contributed by atoms with E-state index in [-0.39, 0.29) is 11.8 Å². The molecule has 1 aliphatic heterocycles. The quantitative estimate of drug-likeness (QED) is 0.927. The lowest BCUT2D eigenvalue weighted by molar-refractivity contribution is -0.149. The van der Waals surface area contributed by atoms with E-state index in [9.17, 15) is 14.7 Å². The van der Waals surface area contributed by atoms with Gasteiger partial charge in [0.05, 0.1) is 12.0 Å². The number of aliphatic carboxylic acids is 1. The molecule has 2 aromatic heterocycles. The largest absolute Gasteiger partial charge is 0.481 e. The van der Waals surface area contributed by atoms with Gasteiger partial charge in [-0.3, -0.25) is 9.59 Å².